The van der Waals surface area contributed by atoms with Crippen molar-refractivity contribution >= 4 is 28.5 Å². The molecular weight excluding hydrogens is 284 g/mol. The predicted octanol–water partition coefficient (Wildman–Crippen LogP) is 1.63. The molecular formula is C16H16N2O4. The number of hydrogen-bond donors (Lipinski definition) is 2. The maximum atomic E-state index is 12.2. The summed E-state index contributed by atoms with van der Waals surface area (Å²) in [6.45, 7) is 3.64. The monoisotopic (exact) mass is 300 g/mol. The molecule has 1 saturated heterocycles. The van der Waals surface area contributed by atoms with Crippen molar-refractivity contribution in [1.82, 2.24) is 5.32 Å². The summed E-state index contributed by atoms with van der Waals surface area (Å²) in [5.41, 5.74) is 2.33. The molecule has 1 aromatic heterocycles. The van der Waals surface area contributed by atoms with Crippen molar-refractivity contribution in [1.29, 1.82) is 0 Å². The van der Waals surface area contributed by atoms with Gasteiger partial charge in [0.05, 0.1) is 0 Å². The van der Waals surface area contributed by atoms with Gasteiger partial charge in [0.1, 0.15) is 11.6 Å². The Hall–Kier alpha value is -2.63. The lowest BCUT2D eigenvalue weighted by Crippen LogP contribution is -2.37. The van der Waals surface area contributed by atoms with E-state index in [0.29, 0.717) is 24.1 Å². The number of amides is 2. The zero-order valence-electron chi connectivity index (χ0n) is 12.4. The fourth-order valence-electron chi connectivity index (χ4n) is 2.63. The van der Waals surface area contributed by atoms with Gasteiger partial charge in [0.25, 0.3) is 0 Å². The topological polar surface area (TPSA) is 88.4 Å². The van der Waals surface area contributed by atoms with Crippen LogP contribution in [0.2, 0.25) is 0 Å². The third kappa shape index (κ3) is 2.59. The number of rotatable bonds is 2. The van der Waals surface area contributed by atoms with Crippen molar-refractivity contribution in [3.8, 4) is 0 Å². The lowest BCUT2D eigenvalue weighted by molar-refractivity contribution is -0.122. The molecule has 6 heteroatoms. The molecule has 114 valence electrons. The second-order valence-corrected chi connectivity index (χ2v) is 5.56. The molecule has 0 aliphatic carbocycles. The highest BCUT2D eigenvalue weighted by Gasteiger charge is 2.27. The van der Waals surface area contributed by atoms with Crippen LogP contribution in [0.25, 0.3) is 11.0 Å². The Morgan fingerprint density at radius 2 is 2.00 bits per heavy atom. The predicted molar refractivity (Wildman–Crippen MR) is 81.8 cm³/mol. The summed E-state index contributed by atoms with van der Waals surface area (Å²) < 4.78 is 5.17. The van der Waals surface area contributed by atoms with E-state index in [1.54, 1.807) is 12.1 Å². The third-order valence-corrected chi connectivity index (χ3v) is 3.87. The number of hydrogen-bond acceptors (Lipinski definition) is 4. The highest BCUT2D eigenvalue weighted by molar-refractivity contribution is 6.00. The molecule has 0 saturated carbocycles. The number of fused-ring (bicyclic) bond motifs is 1. The highest BCUT2D eigenvalue weighted by atomic mass is 16.4. The summed E-state index contributed by atoms with van der Waals surface area (Å²) in [4.78, 5) is 34.8. The zero-order chi connectivity index (χ0) is 15.9. The average molecular weight is 300 g/mol. The van der Waals surface area contributed by atoms with E-state index >= 15 is 0 Å². The van der Waals surface area contributed by atoms with Crippen LogP contribution in [-0.4, -0.2) is 17.9 Å². The zero-order valence-corrected chi connectivity index (χ0v) is 12.4. The largest absolute Gasteiger partial charge is 0.423 e. The number of benzene rings is 1. The molecule has 6 nitrogen and oxygen atoms in total. The Morgan fingerprint density at radius 3 is 2.68 bits per heavy atom. The first kappa shape index (κ1) is 14.3. The molecule has 3 rings (SSSR count). The van der Waals surface area contributed by atoms with Gasteiger partial charge in [-0.3, -0.25) is 9.59 Å². The van der Waals surface area contributed by atoms with Crippen molar-refractivity contribution < 1.29 is 14.0 Å². The van der Waals surface area contributed by atoms with Crippen LogP contribution >= 0.6 is 0 Å². The summed E-state index contributed by atoms with van der Waals surface area (Å²) >= 11 is 0. The van der Waals surface area contributed by atoms with Crippen LogP contribution < -0.4 is 16.3 Å². The van der Waals surface area contributed by atoms with Crippen molar-refractivity contribution in [2.24, 2.45) is 0 Å². The maximum Gasteiger partial charge on any atom is 0.336 e. The van der Waals surface area contributed by atoms with Gasteiger partial charge in [-0.15, -0.1) is 0 Å². The summed E-state index contributed by atoms with van der Waals surface area (Å²) in [5.74, 6) is -0.337. The Morgan fingerprint density at radius 1 is 1.23 bits per heavy atom. The Labute approximate surface area is 126 Å². The summed E-state index contributed by atoms with van der Waals surface area (Å²) in [6.07, 6.45) is 0.879. The number of aryl methyl sites for hydroxylation is 2. The molecule has 2 N–H and O–H groups in total. The second kappa shape index (κ2) is 5.29. The van der Waals surface area contributed by atoms with Gasteiger partial charge in [-0.2, -0.15) is 0 Å². The van der Waals surface area contributed by atoms with E-state index in [-0.39, 0.29) is 11.8 Å². The van der Waals surface area contributed by atoms with E-state index in [9.17, 15) is 14.4 Å². The van der Waals surface area contributed by atoms with Crippen LogP contribution in [0.1, 0.15) is 24.0 Å². The van der Waals surface area contributed by atoms with Gasteiger partial charge in [-0.25, -0.2) is 4.79 Å². The first-order valence-electron chi connectivity index (χ1n) is 7.09. The Balaban J connectivity index is 1.94. The minimum atomic E-state index is -0.489. The number of carbonyl (C=O) groups excluding carboxylic acids is 2. The standard InChI is InChI=1S/C16H16N2O4/c1-8-6-15(20)22-13-5-9(2)12(7-10(8)13)18-16(21)11-3-4-14(19)17-11/h5-7,11H,3-4H2,1-2H3,(H,17,19)(H,18,21)/t11-/m0/s1. The smallest absolute Gasteiger partial charge is 0.336 e. The fourth-order valence-corrected chi connectivity index (χ4v) is 2.63. The molecule has 0 bridgehead atoms. The molecule has 1 fully saturated rings. The van der Waals surface area contributed by atoms with Crippen LogP contribution in [0.3, 0.4) is 0 Å². The van der Waals surface area contributed by atoms with Crippen LogP contribution in [0.15, 0.2) is 27.4 Å². The van der Waals surface area contributed by atoms with Crippen LogP contribution in [-0.2, 0) is 9.59 Å². The minimum Gasteiger partial charge on any atom is -0.423 e. The minimum absolute atomic E-state index is 0.104. The van der Waals surface area contributed by atoms with E-state index in [0.717, 1.165) is 16.5 Å². The summed E-state index contributed by atoms with van der Waals surface area (Å²) in [7, 11) is 0. The van der Waals surface area contributed by atoms with Gasteiger partial charge < -0.3 is 15.1 Å². The highest BCUT2D eigenvalue weighted by Crippen LogP contribution is 2.25. The molecule has 1 aliphatic rings. The van der Waals surface area contributed by atoms with Gasteiger partial charge in [-0.1, -0.05) is 0 Å². The van der Waals surface area contributed by atoms with Gasteiger partial charge in [0.2, 0.25) is 11.8 Å². The summed E-state index contributed by atoms with van der Waals surface area (Å²) in [6, 6.07) is 4.45. The maximum absolute atomic E-state index is 12.2. The van der Waals surface area contributed by atoms with Crippen LogP contribution in [0, 0.1) is 13.8 Å². The molecule has 1 atom stereocenters. The quantitative estimate of drug-likeness (QED) is 0.825. The van der Waals surface area contributed by atoms with Crippen molar-refractivity contribution in [2.75, 3.05) is 5.32 Å². The van der Waals surface area contributed by atoms with Crippen LogP contribution in [0.5, 0.6) is 0 Å². The number of anilines is 1. The van der Waals surface area contributed by atoms with Crippen LogP contribution in [0.4, 0.5) is 5.69 Å². The number of nitrogens with one attached hydrogen (secondary N) is 2. The lowest BCUT2D eigenvalue weighted by atomic mass is 10.1. The fraction of sp³-hybridized carbons (Fsp3) is 0.312. The Kier molecular flexibility index (Phi) is 3.44. The Bertz CT molecular complexity index is 838. The van der Waals surface area contributed by atoms with Gasteiger partial charge in [0.15, 0.2) is 0 Å². The average Bonchev–Trinajstić information content (AvgIpc) is 2.87. The lowest BCUT2D eigenvalue weighted by Gasteiger charge is -2.14. The molecule has 0 radical (unpaired) electrons. The molecule has 2 aromatic rings. The number of carbonyl (C=O) groups is 2. The molecule has 22 heavy (non-hydrogen) atoms. The van der Waals surface area contributed by atoms with Gasteiger partial charge >= 0.3 is 5.63 Å². The SMILES string of the molecule is Cc1cc2oc(=O)cc(C)c2cc1NC(=O)[C@@H]1CCC(=O)N1. The first-order chi connectivity index (χ1) is 10.4. The van der Waals surface area contributed by atoms with Crippen molar-refractivity contribution in [2.45, 2.75) is 32.7 Å². The molecule has 0 spiro atoms. The normalized spacial score (nSPS) is 17.5. The third-order valence-electron chi connectivity index (χ3n) is 3.87. The van der Waals surface area contributed by atoms with Crippen molar-refractivity contribution in [3.63, 3.8) is 0 Å². The summed E-state index contributed by atoms with van der Waals surface area (Å²) in [5, 5.41) is 6.25. The molecule has 2 heterocycles. The van der Waals surface area contributed by atoms with E-state index in [1.165, 1.54) is 6.07 Å². The van der Waals surface area contributed by atoms with Crippen molar-refractivity contribution in [3.05, 3.63) is 39.7 Å². The molecule has 2 amide bonds. The van der Waals surface area contributed by atoms with E-state index in [2.05, 4.69) is 10.6 Å². The first-order valence-corrected chi connectivity index (χ1v) is 7.09. The molecule has 1 aliphatic heterocycles. The molecule has 1 aromatic carbocycles. The van der Waals surface area contributed by atoms with Gasteiger partial charge in [-0.05, 0) is 43.5 Å². The van der Waals surface area contributed by atoms with E-state index in [4.69, 9.17) is 4.42 Å². The molecule has 0 unspecified atom stereocenters. The van der Waals surface area contributed by atoms with Gasteiger partial charge in [0, 0.05) is 23.6 Å². The second-order valence-electron chi connectivity index (χ2n) is 5.56. The van der Waals surface area contributed by atoms with E-state index < -0.39 is 11.7 Å². The van der Waals surface area contributed by atoms with E-state index in [1.807, 2.05) is 13.8 Å².